The lowest BCUT2D eigenvalue weighted by Gasteiger charge is -2.75. The average Bonchev–Trinajstić information content (AvgIpc) is 2.81. The van der Waals surface area contributed by atoms with Gasteiger partial charge >= 0.3 is 0 Å². The zero-order chi connectivity index (χ0) is 19.7. The molecule has 0 aromatic carbocycles. The Morgan fingerprint density at radius 3 is 2.54 bits per heavy atom. The van der Waals surface area contributed by atoms with E-state index in [1.807, 2.05) is 0 Å². The number of aliphatic hydroxyl groups is 4. The van der Waals surface area contributed by atoms with E-state index in [2.05, 4.69) is 18.8 Å². The Hall–Kier alpha value is -0.860. The molecule has 3 aliphatic heterocycles. The SMILES string of the molecule is CC1(C)CC[C@H](O)[C@]23CO[C@@](O)([C@@H](O)C12)C12C4=NCCN=C4[C@H](CCC13)[C@H]2O. The minimum Gasteiger partial charge on any atom is -0.392 e. The summed E-state index contributed by atoms with van der Waals surface area (Å²) in [6.07, 6.45) is 0.211. The van der Waals surface area contributed by atoms with Gasteiger partial charge in [-0.2, -0.15) is 0 Å². The number of ether oxygens (including phenoxy) is 1. The van der Waals surface area contributed by atoms with Crippen molar-refractivity contribution in [1.29, 1.82) is 0 Å². The number of fused-ring (bicyclic) bond motifs is 4. The van der Waals surface area contributed by atoms with E-state index in [0.717, 1.165) is 25.0 Å². The van der Waals surface area contributed by atoms with Gasteiger partial charge in [-0.15, -0.1) is 0 Å². The fourth-order valence-electron chi connectivity index (χ4n) is 8.53. The highest BCUT2D eigenvalue weighted by atomic mass is 16.6. The van der Waals surface area contributed by atoms with Crippen LogP contribution in [0.15, 0.2) is 9.98 Å². The van der Waals surface area contributed by atoms with Crippen LogP contribution in [0.25, 0.3) is 0 Å². The molecule has 0 aromatic rings. The number of nitrogens with zero attached hydrogens (tertiary/aromatic N) is 2. The molecule has 7 rings (SSSR count). The highest BCUT2D eigenvalue weighted by Crippen LogP contribution is 2.75. The molecule has 2 saturated heterocycles. The topological polar surface area (TPSA) is 115 Å². The Labute approximate surface area is 164 Å². The lowest BCUT2D eigenvalue weighted by Crippen LogP contribution is -2.85. The van der Waals surface area contributed by atoms with E-state index in [1.165, 1.54) is 0 Å². The van der Waals surface area contributed by atoms with Gasteiger partial charge in [0.15, 0.2) is 0 Å². The van der Waals surface area contributed by atoms with Gasteiger partial charge in [0, 0.05) is 17.3 Å². The van der Waals surface area contributed by atoms with Crippen LogP contribution in [0.4, 0.5) is 0 Å². The summed E-state index contributed by atoms with van der Waals surface area (Å²) in [6, 6.07) is 0. The summed E-state index contributed by atoms with van der Waals surface area (Å²) in [7, 11) is 0. The van der Waals surface area contributed by atoms with E-state index in [4.69, 9.17) is 9.73 Å². The summed E-state index contributed by atoms with van der Waals surface area (Å²) in [5, 5.41) is 46.4. The second-order valence-electron chi connectivity index (χ2n) is 10.6. The van der Waals surface area contributed by atoms with Crippen molar-refractivity contribution in [2.75, 3.05) is 19.7 Å². The van der Waals surface area contributed by atoms with Crippen molar-refractivity contribution in [1.82, 2.24) is 0 Å². The van der Waals surface area contributed by atoms with Gasteiger partial charge in [-0.05, 0) is 37.0 Å². The molecule has 4 bridgehead atoms. The van der Waals surface area contributed by atoms with Gasteiger partial charge in [-0.3, -0.25) is 9.98 Å². The number of rotatable bonds is 0. The molecule has 0 aromatic heterocycles. The Morgan fingerprint density at radius 1 is 1.00 bits per heavy atom. The van der Waals surface area contributed by atoms with Gasteiger partial charge in [-0.25, -0.2) is 0 Å². The van der Waals surface area contributed by atoms with Crippen molar-refractivity contribution >= 4 is 11.4 Å². The highest BCUT2D eigenvalue weighted by molar-refractivity contribution is 6.48. The van der Waals surface area contributed by atoms with Crippen LogP contribution >= 0.6 is 0 Å². The first kappa shape index (κ1) is 18.0. The lowest BCUT2D eigenvalue weighted by atomic mass is 9.35. The molecule has 7 heteroatoms. The highest BCUT2D eigenvalue weighted by Gasteiger charge is 2.86. The van der Waals surface area contributed by atoms with Gasteiger partial charge in [0.2, 0.25) is 5.79 Å². The Balaban J connectivity index is 1.66. The minimum absolute atomic E-state index is 0.182. The summed E-state index contributed by atoms with van der Waals surface area (Å²) in [6.45, 7) is 5.55. The molecule has 4 saturated carbocycles. The predicted octanol–water partition coefficient (Wildman–Crippen LogP) is 0.146. The third-order valence-corrected chi connectivity index (χ3v) is 9.41. The third kappa shape index (κ3) is 1.55. The Bertz CT molecular complexity index is 811. The maximum Gasteiger partial charge on any atom is 0.206 e. The molecule has 28 heavy (non-hydrogen) atoms. The van der Waals surface area contributed by atoms with Crippen molar-refractivity contribution in [2.45, 2.75) is 63.6 Å². The van der Waals surface area contributed by atoms with Gasteiger partial charge in [0.25, 0.3) is 0 Å². The summed E-state index contributed by atoms with van der Waals surface area (Å²) < 4.78 is 6.06. The Kier molecular flexibility index (Phi) is 3.24. The molecule has 154 valence electrons. The first-order chi connectivity index (χ1) is 13.2. The van der Waals surface area contributed by atoms with Gasteiger partial charge in [0.05, 0.1) is 43.3 Å². The van der Waals surface area contributed by atoms with Gasteiger partial charge in [-0.1, -0.05) is 13.8 Å². The Morgan fingerprint density at radius 2 is 1.75 bits per heavy atom. The van der Waals surface area contributed by atoms with Crippen molar-refractivity contribution in [3.63, 3.8) is 0 Å². The molecule has 2 spiro atoms. The lowest BCUT2D eigenvalue weighted by molar-refractivity contribution is -0.455. The minimum atomic E-state index is -1.91. The molecule has 7 aliphatic rings. The molecule has 3 heterocycles. The summed E-state index contributed by atoms with van der Waals surface area (Å²) >= 11 is 0. The largest absolute Gasteiger partial charge is 0.392 e. The van der Waals surface area contributed by atoms with Crippen LogP contribution in [0.2, 0.25) is 0 Å². The smallest absolute Gasteiger partial charge is 0.206 e. The molecular formula is C21H30N2O5. The van der Waals surface area contributed by atoms with E-state index < -0.39 is 34.9 Å². The molecule has 6 fully saturated rings. The van der Waals surface area contributed by atoms with Gasteiger partial charge < -0.3 is 25.2 Å². The van der Waals surface area contributed by atoms with Crippen LogP contribution in [0, 0.1) is 34.0 Å². The van der Waals surface area contributed by atoms with Crippen LogP contribution in [-0.4, -0.2) is 75.6 Å². The van der Waals surface area contributed by atoms with E-state index in [9.17, 15) is 20.4 Å². The summed E-state index contributed by atoms with van der Waals surface area (Å²) in [4.78, 5) is 9.42. The third-order valence-electron chi connectivity index (χ3n) is 9.41. The van der Waals surface area contributed by atoms with Crippen LogP contribution in [0.5, 0.6) is 0 Å². The normalized spacial score (nSPS) is 58.4. The molecule has 4 N–H and O–H groups in total. The molecule has 3 unspecified atom stereocenters. The number of hydrogen-bond donors (Lipinski definition) is 4. The summed E-state index contributed by atoms with van der Waals surface area (Å²) in [5.41, 5.74) is -0.738. The van der Waals surface area contributed by atoms with Crippen molar-refractivity contribution < 1.29 is 25.2 Å². The summed E-state index contributed by atoms with van der Waals surface area (Å²) in [5.74, 6) is -2.59. The van der Waals surface area contributed by atoms with E-state index in [1.54, 1.807) is 0 Å². The maximum atomic E-state index is 12.0. The molecular weight excluding hydrogens is 360 g/mol. The fraction of sp³-hybridized carbons (Fsp3) is 0.905. The van der Waals surface area contributed by atoms with Crippen molar-refractivity contribution in [2.24, 2.45) is 44.0 Å². The average molecular weight is 390 g/mol. The molecule has 9 atom stereocenters. The second-order valence-corrected chi connectivity index (χ2v) is 10.6. The van der Waals surface area contributed by atoms with Crippen LogP contribution in [-0.2, 0) is 4.74 Å². The zero-order valence-electron chi connectivity index (χ0n) is 16.5. The van der Waals surface area contributed by atoms with E-state index in [0.29, 0.717) is 25.2 Å². The van der Waals surface area contributed by atoms with Crippen LogP contribution in [0.1, 0.15) is 39.5 Å². The standard InChI is InChI=1S/C21H30N2O5/c1-18(2)6-5-12(24)19-9-28-21(27,17(26)14(18)19)20-11(19)4-3-10(16(20)25)13-15(20)23-8-7-22-13/h10-12,14,16-17,24-27H,3-9H2,1-2H3/t10-,11?,12-,14?,16+,17-,19+,20?,21-/m0/s1. The number of aliphatic imine (C=N–C) groups is 2. The molecule has 4 aliphatic carbocycles. The van der Waals surface area contributed by atoms with Crippen molar-refractivity contribution in [3.8, 4) is 0 Å². The van der Waals surface area contributed by atoms with Crippen molar-refractivity contribution in [3.05, 3.63) is 0 Å². The van der Waals surface area contributed by atoms with Gasteiger partial charge in [0.1, 0.15) is 11.5 Å². The zero-order valence-corrected chi connectivity index (χ0v) is 16.5. The quantitative estimate of drug-likeness (QED) is 0.470. The monoisotopic (exact) mass is 390 g/mol. The molecule has 0 radical (unpaired) electrons. The molecule has 7 nitrogen and oxygen atoms in total. The first-order valence-corrected chi connectivity index (χ1v) is 10.7. The van der Waals surface area contributed by atoms with Crippen LogP contribution < -0.4 is 0 Å². The molecule has 0 amide bonds. The number of aliphatic hydroxyl groups excluding tert-OH is 3. The predicted molar refractivity (Wildman–Crippen MR) is 101 cm³/mol. The van der Waals surface area contributed by atoms with Crippen LogP contribution in [0.3, 0.4) is 0 Å². The van der Waals surface area contributed by atoms with E-state index >= 15 is 0 Å². The fourth-order valence-corrected chi connectivity index (χ4v) is 8.53. The second kappa shape index (κ2) is 5.06. The maximum absolute atomic E-state index is 12.0. The number of hydrogen-bond acceptors (Lipinski definition) is 7. The first-order valence-electron chi connectivity index (χ1n) is 10.7. The van der Waals surface area contributed by atoms with E-state index in [-0.39, 0.29) is 29.8 Å².